The Morgan fingerprint density at radius 2 is 1.94 bits per heavy atom. The highest BCUT2D eigenvalue weighted by Crippen LogP contribution is 2.22. The number of nitrogens with zero attached hydrogens (tertiary/aromatic N) is 1. The quantitative estimate of drug-likeness (QED) is 0.743. The van der Waals surface area contributed by atoms with Gasteiger partial charge in [-0.15, -0.1) is 0 Å². The molecule has 0 saturated carbocycles. The molecule has 1 N–H and O–H groups in total. The van der Waals surface area contributed by atoms with Crippen LogP contribution >= 0.6 is 0 Å². The first-order chi connectivity index (χ1) is 8.51. The fourth-order valence-corrected chi connectivity index (χ4v) is 2.43. The molecule has 1 rings (SSSR count). The summed E-state index contributed by atoms with van der Waals surface area (Å²) in [6.45, 7) is 6.25. The zero-order chi connectivity index (χ0) is 13.4. The summed E-state index contributed by atoms with van der Waals surface area (Å²) in [5.74, 6) is 0. The van der Waals surface area contributed by atoms with Crippen LogP contribution in [0.15, 0.2) is 0 Å². The van der Waals surface area contributed by atoms with Crippen LogP contribution in [-0.2, 0) is 0 Å². The molecule has 1 aliphatic heterocycles. The van der Waals surface area contributed by atoms with E-state index in [1.807, 2.05) is 0 Å². The highest BCUT2D eigenvalue weighted by molar-refractivity contribution is 4.74. The summed E-state index contributed by atoms with van der Waals surface area (Å²) < 4.78 is 35.8. The number of unbranched alkanes of at least 4 members (excludes halogenated alkanes) is 1. The lowest BCUT2D eigenvalue weighted by Crippen LogP contribution is -2.31. The third kappa shape index (κ3) is 7.21. The summed E-state index contributed by atoms with van der Waals surface area (Å²) in [6.07, 6.45) is -0.332. The Morgan fingerprint density at radius 1 is 1.17 bits per heavy atom. The maximum atomic E-state index is 11.9. The minimum Gasteiger partial charge on any atom is -0.314 e. The van der Waals surface area contributed by atoms with Crippen molar-refractivity contribution in [2.45, 2.75) is 57.7 Å². The Balaban J connectivity index is 2.05. The van der Waals surface area contributed by atoms with Gasteiger partial charge in [0, 0.05) is 12.5 Å². The van der Waals surface area contributed by atoms with Crippen LogP contribution in [0.4, 0.5) is 13.2 Å². The maximum Gasteiger partial charge on any atom is 0.389 e. The van der Waals surface area contributed by atoms with Gasteiger partial charge in [-0.1, -0.05) is 6.92 Å². The topological polar surface area (TPSA) is 15.3 Å². The van der Waals surface area contributed by atoms with E-state index in [1.165, 1.54) is 6.42 Å². The molecule has 0 aromatic rings. The highest BCUT2D eigenvalue weighted by Gasteiger charge is 2.25. The average molecular weight is 266 g/mol. The van der Waals surface area contributed by atoms with E-state index in [0.717, 1.165) is 32.5 Å². The predicted molar refractivity (Wildman–Crippen MR) is 67.7 cm³/mol. The first-order valence-corrected chi connectivity index (χ1v) is 7.04. The van der Waals surface area contributed by atoms with E-state index in [1.54, 1.807) is 0 Å². The van der Waals surface area contributed by atoms with E-state index in [0.29, 0.717) is 19.0 Å². The van der Waals surface area contributed by atoms with Gasteiger partial charge >= 0.3 is 6.18 Å². The van der Waals surface area contributed by atoms with Gasteiger partial charge in [-0.2, -0.15) is 13.2 Å². The third-order valence-electron chi connectivity index (χ3n) is 3.59. The molecule has 5 heteroatoms. The summed E-state index contributed by atoms with van der Waals surface area (Å²) in [7, 11) is 0. The fraction of sp³-hybridized carbons (Fsp3) is 1.00. The van der Waals surface area contributed by atoms with Crippen molar-refractivity contribution in [2.75, 3.05) is 26.2 Å². The summed E-state index contributed by atoms with van der Waals surface area (Å²) >= 11 is 0. The molecule has 1 heterocycles. The van der Waals surface area contributed by atoms with Gasteiger partial charge in [0.25, 0.3) is 0 Å². The zero-order valence-corrected chi connectivity index (χ0v) is 11.2. The van der Waals surface area contributed by atoms with Gasteiger partial charge in [0.15, 0.2) is 0 Å². The van der Waals surface area contributed by atoms with Crippen molar-refractivity contribution in [3.8, 4) is 0 Å². The molecule has 0 radical (unpaired) electrons. The monoisotopic (exact) mass is 266 g/mol. The first kappa shape index (κ1) is 15.8. The molecule has 0 aromatic carbocycles. The highest BCUT2D eigenvalue weighted by atomic mass is 19.4. The Hall–Kier alpha value is -0.290. The average Bonchev–Trinajstić information content (AvgIpc) is 2.52. The molecular formula is C13H25F3N2. The van der Waals surface area contributed by atoms with Crippen LogP contribution in [0.2, 0.25) is 0 Å². The predicted octanol–water partition coefficient (Wildman–Crippen LogP) is 3.18. The summed E-state index contributed by atoms with van der Waals surface area (Å²) in [4.78, 5) is 2.44. The maximum absolute atomic E-state index is 11.9. The van der Waals surface area contributed by atoms with Gasteiger partial charge < -0.3 is 10.2 Å². The second-order valence-corrected chi connectivity index (χ2v) is 5.09. The van der Waals surface area contributed by atoms with Crippen LogP contribution in [0.1, 0.15) is 45.4 Å². The van der Waals surface area contributed by atoms with Crippen LogP contribution in [0.25, 0.3) is 0 Å². The fourth-order valence-electron chi connectivity index (χ4n) is 2.43. The molecule has 1 atom stereocenters. The van der Waals surface area contributed by atoms with E-state index in [-0.39, 0.29) is 6.42 Å². The van der Waals surface area contributed by atoms with Crippen LogP contribution in [-0.4, -0.2) is 43.3 Å². The van der Waals surface area contributed by atoms with E-state index >= 15 is 0 Å². The van der Waals surface area contributed by atoms with Crippen molar-refractivity contribution in [1.29, 1.82) is 0 Å². The molecular weight excluding hydrogens is 241 g/mol. The van der Waals surface area contributed by atoms with Crippen molar-refractivity contribution in [2.24, 2.45) is 0 Å². The Bertz CT molecular complexity index is 219. The molecule has 108 valence electrons. The van der Waals surface area contributed by atoms with Crippen molar-refractivity contribution in [3.63, 3.8) is 0 Å². The number of hydrogen-bond donors (Lipinski definition) is 1. The Morgan fingerprint density at radius 3 is 2.61 bits per heavy atom. The molecule has 1 aliphatic rings. The lowest BCUT2D eigenvalue weighted by atomic mass is 10.1. The molecule has 0 spiro atoms. The molecule has 0 aliphatic carbocycles. The Labute approximate surface area is 108 Å². The van der Waals surface area contributed by atoms with Crippen LogP contribution in [0.5, 0.6) is 0 Å². The lowest BCUT2D eigenvalue weighted by Gasteiger charge is -2.18. The summed E-state index contributed by atoms with van der Waals surface area (Å²) in [5, 5.41) is 3.40. The molecule has 1 saturated heterocycles. The first-order valence-electron chi connectivity index (χ1n) is 7.04. The standard InChI is InChI=1S/C13H25F3N2/c1-2-18-10-5-6-12(7-11-18)17-9-4-3-8-13(14,15)16/h12,17H,2-11H2,1H3. The number of halogens is 3. The molecule has 2 nitrogen and oxygen atoms in total. The normalized spacial score (nSPS) is 23.0. The molecule has 1 fully saturated rings. The van der Waals surface area contributed by atoms with E-state index in [4.69, 9.17) is 0 Å². The van der Waals surface area contributed by atoms with Crippen molar-refractivity contribution in [1.82, 2.24) is 10.2 Å². The minimum absolute atomic E-state index is 0.240. The van der Waals surface area contributed by atoms with Crippen LogP contribution < -0.4 is 5.32 Å². The summed E-state index contributed by atoms with van der Waals surface area (Å²) in [6, 6.07) is 0.493. The van der Waals surface area contributed by atoms with Crippen molar-refractivity contribution in [3.05, 3.63) is 0 Å². The van der Waals surface area contributed by atoms with Gasteiger partial charge in [-0.05, 0) is 58.3 Å². The summed E-state index contributed by atoms with van der Waals surface area (Å²) in [5.41, 5.74) is 0. The number of likely N-dealkylation sites (tertiary alicyclic amines) is 1. The largest absolute Gasteiger partial charge is 0.389 e. The van der Waals surface area contributed by atoms with E-state index < -0.39 is 12.6 Å². The van der Waals surface area contributed by atoms with Gasteiger partial charge in [-0.25, -0.2) is 0 Å². The van der Waals surface area contributed by atoms with E-state index in [9.17, 15) is 13.2 Å². The Kier molecular flexibility index (Phi) is 7.00. The number of nitrogens with one attached hydrogen (secondary N) is 1. The molecule has 18 heavy (non-hydrogen) atoms. The second kappa shape index (κ2) is 8.00. The van der Waals surface area contributed by atoms with Crippen LogP contribution in [0.3, 0.4) is 0 Å². The van der Waals surface area contributed by atoms with Gasteiger partial charge in [0.1, 0.15) is 0 Å². The van der Waals surface area contributed by atoms with Crippen molar-refractivity contribution >= 4 is 0 Å². The lowest BCUT2D eigenvalue weighted by molar-refractivity contribution is -0.135. The zero-order valence-electron chi connectivity index (χ0n) is 11.2. The molecule has 0 amide bonds. The third-order valence-corrected chi connectivity index (χ3v) is 3.59. The SMILES string of the molecule is CCN1CCCC(NCCCCC(F)(F)F)CC1. The molecule has 0 aromatic heterocycles. The number of alkyl halides is 3. The minimum atomic E-state index is -4.00. The smallest absolute Gasteiger partial charge is 0.314 e. The second-order valence-electron chi connectivity index (χ2n) is 5.09. The van der Waals surface area contributed by atoms with Crippen molar-refractivity contribution < 1.29 is 13.2 Å². The molecule has 0 bridgehead atoms. The van der Waals surface area contributed by atoms with Gasteiger partial charge in [0.2, 0.25) is 0 Å². The number of hydrogen-bond acceptors (Lipinski definition) is 2. The van der Waals surface area contributed by atoms with Gasteiger partial charge in [0.05, 0.1) is 0 Å². The number of rotatable bonds is 6. The van der Waals surface area contributed by atoms with E-state index in [2.05, 4.69) is 17.1 Å². The van der Waals surface area contributed by atoms with Gasteiger partial charge in [-0.3, -0.25) is 0 Å². The van der Waals surface area contributed by atoms with Crippen LogP contribution in [0, 0.1) is 0 Å². The molecule has 1 unspecified atom stereocenters.